The van der Waals surface area contributed by atoms with E-state index in [1.165, 1.54) is 25.7 Å². The van der Waals surface area contributed by atoms with Gasteiger partial charge in [0.15, 0.2) is 0 Å². The summed E-state index contributed by atoms with van der Waals surface area (Å²) in [5, 5.41) is 7.16. The van der Waals surface area contributed by atoms with Crippen molar-refractivity contribution in [3.63, 3.8) is 0 Å². The summed E-state index contributed by atoms with van der Waals surface area (Å²) in [7, 11) is 0. The van der Waals surface area contributed by atoms with E-state index in [1.807, 2.05) is 0 Å². The van der Waals surface area contributed by atoms with Crippen molar-refractivity contribution >= 4 is 11.9 Å². The largest absolute Gasteiger partial charge is 0.464 e. The average molecular weight is 535 g/mol. The van der Waals surface area contributed by atoms with Gasteiger partial charge < -0.3 is 20.1 Å². The smallest absolute Gasteiger partial charge is 0.305 e. The molecule has 0 aromatic rings. The molecule has 1 rings (SSSR count). The average Bonchev–Trinajstić information content (AvgIpc) is 2.90. The van der Waals surface area contributed by atoms with Crippen molar-refractivity contribution in [1.82, 2.24) is 10.6 Å². The Morgan fingerprint density at radius 2 is 1.03 bits per heavy atom. The van der Waals surface area contributed by atoms with Gasteiger partial charge in [-0.2, -0.15) is 0 Å². The van der Waals surface area contributed by atoms with Crippen LogP contribution in [0.25, 0.3) is 0 Å². The van der Waals surface area contributed by atoms with Gasteiger partial charge in [-0.25, -0.2) is 0 Å². The van der Waals surface area contributed by atoms with Gasteiger partial charge in [0.05, 0.1) is 0 Å². The van der Waals surface area contributed by atoms with Crippen LogP contribution >= 0.6 is 0 Å². The molecule has 0 saturated carbocycles. The minimum absolute atomic E-state index is 0.0806. The first-order valence-electron chi connectivity index (χ1n) is 15.7. The lowest BCUT2D eigenvalue weighted by Gasteiger charge is -2.18. The lowest BCUT2D eigenvalue weighted by molar-refractivity contribution is -0.144. The normalized spacial score (nSPS) is 25.9. The second-order valence-corrected chi connectivity index (χ2v) is 10.6. The van der Waals surface area contributed by atoms with Crippen molar-refractivity contribution in [1.29, 1.82) is 0 Å². The van der Waals surface area contributed by atoms with Crippen LogP contribution < -0.4 is 10.6 Å². The Bertz CT molecular complexity index is 581. The number of carbonyl (C=O) groups excluding carboxylic acids is 2. The highest BCUT2D eigenvalue weighted by Crippen LogP contribution is 2.11. The van der Waals surface area contributed by atoms with E-state index < -0.39 is 0 Å². The van der Waals surface area contributed by atoms with Crippen molar-refractivity contribution in [3.8, 4) is 0 Å². The monoisotopic (exact) mass is 534 g/mol. The summed E-state index contributed by atoms with van der Waals surface area (Å²) in [4.78, 5) is 24.1. The Labute approximate surface area is 233 Å². The van der Waals surface area contributed by atoms with Crippen LogP contribution in [0.15, 0.2) is 24.3 Å². The van der Waals surface area contributed by atoms with Crippen LogP contribution in [0.4, 0.5) is 0 Å². The summed E-state index contributed by atoms with van der Waals surface area (Å²) in [6.45, 7) is 6.81. The molecule has 2 unspecified atom stereocenters. The molecule has 220 valence electrons. The van der Waals surface area contributed by atoms with Gasteiger partial charge >= 0.3 is 11.9 Å². The Morgan fingerprint density at radius 1 is 0.632 bits per heavy atom. The van der Waals surface area contributed by atoms with E-state index in [0.717, 1.165) is 90.1 Å². The van der Waals surface area contributed by atoms with Crippen molar-refractivity contribution in [3.05, 3.63) is 24.3 Å². The van der Waals surface area contributed by atoms with Crippen LogP contribution in [0.2, 0.25) is 0 Å². The summed E-state index contributed by atoms with van der Waals surface area (Å²) >= 11 is 0. The highest BCUT2D eigenvalue weighted by molar-refractivity contribution is 5.69. The molecule has 1 heterocycles. The predicted molar refractivity (Wildman–Crippen MR) is 158 cm³/mol. The molecule has 1 aliphatic rings. The number of nitrogens with one attached hydrogen (secondary N) is 2. The van der Waals surface area contributed by atoms with E-state index in [9.17, 15) is 9.59 Å². The quantitative estimate of drug-likeness (QED) is 0.294. The Kier molecular flexibility index (Phi) is 23.2. The molecule has 0 aliphatic carbocycles. The molecule has 6 nitrogen and oxygen atoms in total. The number of rotatable bonds is 4. The Hall–Kier alpha value is -1.66. The molecule has 2 N–H and O–H groups in total. The minimum Gasteiger partial charge on any atom is -0.464 e. The fourth-order valence-corrected chi connectivity index (χ4v) is 4.90. The lowest BCUT2D eigenvalue weighted by Crippen LogP contribution is -2.32. The van der Waals surface area contributed by atoms with E-state index in [-0.39, 0.29) is 11.9 Å². The number of esters is 2. The Morgan fingerprint density at radius 3 is 1.42 bits per heavy atom. The topological polar surface area (TPSA) is 76.7 Å². The molecule has 0 aromatic carbocycles. The second-order valence-electron chi connectivity index (χ2n) is 10.6. The number of ether oxygens (including phenoxy) is 2. The van der Waals surface area contributed by atoms with Crippen LogP contribution in [-0.2, 0) is 19.1 Å². The van der Waals surface area contributed by atoms with E-state index in [0.29, 0.717) is 38.1 Å². The van der Waals surface area contributed by atoms with Gasteiger partial charge in [0, 0.05) is 38.0 Å². The van der Waals surface area contributed by atoms with E-state index in [1.54, 1.807) is 0 Å². The van der Waals surface area contributed by atoms with Gasteiger partial charge in [-0.3, -0.25) is 9.59 Å². The number of carbonyl (C=O) groups is 2. The van der Waals surface area contributed by atoms with Crippen LogP contribution in [0.5, 0.6) is 0 Å². The molecule has 0 aromatic heterocycles. The first-order valence-corrected chi connectivity index (χ1v) is 15.7. The molecule has 0 saturated heterocycles. The predicted octanol–water partition coefficient (Wildman–Crippen LogP) is 7.18. The first kappa shape index (κ1) is 34.4. The molecule has 38 heavy (non-hydrogen) atoms. The van der Waals surface area contributed by atoms with E-state index >= 15 is 0 Å². The molecule has 0 spiro atoms. The number of hydrogen-bond acceptors (Lipinski definition) is 6. The molecule has 0 amide bonds. The Balaban J connectivity index is 2.44. The molecular weight excluding hydrogens is 476 g/mol. The highest BCUT2D eigenvalue weighted by atomic mass is 16.5. The van der Waals surface area contributed by atoms with Gasteiger partial charge in [-0.05, 0) is 77.0 Å². The molecule has 1 aliphatic heterocycles. The third kappa shape index (κ3) is 21.3. The van der Waals surface area contributed by atoms with Gasteiger partial charge in [0.2, 0.25) is 0 Å². The van der Waals surface area contributed by atoms with E-state index in [2.05, 4.69) is 48.8 Å². The van der Waals surface area contributed by atoms with Crippen molar-refractivity contribution in [2.45, 2.75) is 142 Å². The molecule has 0 bridgehead atoms. The first-order chi connectivity index (χ1) is 18.7. The zero-order chi connectivity index (χ0) is 27.5. The lowest BCUT2D eigenvalue weighted by atomic mass is 10.0. The summed E-state index contributed by atoms with van der Waals surface area (Å²) < 4.78 is 10.9. The fourth-order valence-electron chi connectivity index (χ4n) is 4.90. The van der Waals surface area contributed by atoms with Gasteiger partial charge in [-0.1, -0.05) is 63.8 Å². The SMILES string of the molecule is CCCC1CCCC/C=C\CCCC(=O)OCCNC(CCC)CCCC/C=C\CCCC(=O)OCCN1. The summed E-state index contributed by atoms with van der Waals surface area (Å²) in [5.74, 6) is -0.161. The van der Waals surface area contributed by atoms with Crippen LogP contribution in [0, 0.1) is 0 Å². The molecule has 6 heteroatoms. The highest BCUT2D eigenvalue weighted by Gasteiger charge is 2.09. The van der Waals surface area contributed by atoms with Crippen molar-refractivity contribution in [2.75, 3.05) is 26.3 Å². The van der Waals surface area contributed by atoms with Crippen LogP contribution in [0.3, 0.4) is 0 Å². The second kappa shape index (κ2) is 25.6. The number of cyclic esters (lactones) is 2. The third-order valence-corrected chi connectivity index (χ3v) is 7.05. The van der Waals surface area contributed by atoms with E-state index in [4.69, 9.17) is 9.47 Å². The van der Waals surface area contributed by atoms with Gasteiger partial charge in [-0.15, -0.1) is 0 Å². The van der Waals surface area contributed by atoms with Crippen LogP contribution in [0.1, 0.15) is 129 Å². The maximum atomic E-state index is 12.0. The van der Waals surface area contributed by atoms with Crippen molar-refractivity contribution in [2.24, 2.45) is 0 Å². The summed E-state index contributed by atoms with van der Waals surface area (Å²) in [6.07, 6.45) is 27.3. The molecule has 0 radical (unpaired) electrons. The molecule has 0 fully saturated rings. The molecule has 2 atom stereocenters. The maximum Gasteiger partial charge on any atom is 0.305 e. The molecular formula is C32H58N2O4. The standard InChI is InChI=1S/C32H58N2O4/c1-3-19-29-21-15-11-7-5-9-13-18-24-32(36)38-28-26-34-30(20-4-2)22-16-12-8-6-10-14-17-23-31(35)37-27-25-33-29/h5-6,9-10,29-30,33-34H,3-4,7-8,11-28H2,1-2H3/b9-5-,10-6-. The summed E-state index contributed by atoms with van der Waals surface area (Å²) in [6, 6.07) is 0.985. The maximum absolute atomic E-state index is 12.0. The van der Waals surface area contributed by atoms with Gasteiger partial charge in [0.1, 0.15) is 13.2 Å². The zero-order valence-corrected chi connectivity index (χ0v) is 24.7. The van der Waals surface area contributed by atoms with Gasteiger partial charge in [0.25, 0.3) is 0 Å². The number of hydrogen-bond donors (Lipinski definition) is 2. The zero-order valence-electron chi connectivity index (χ0n) is 24.7. The van der Waals surface area contributed by atoms with Crippen molar-refractivity contribution < 1.29 is 19.1 Å². The van der Waals surface area contributed by atoms with Crippen LogP contribution in [-0.4, -0.2) is 50.3 Å². The number of allylic oxidation sites excluding steroid dienone is 4. The fraction of sp³-hybridized carbons (Fsp3) is 0.812. The minimum atomic E-state index is -0.0806. The third-order valence-electron chi connectivity index (χ3n) is 7.05. The summed E-state index contributed by atoms with van der Waals surface area (Å²) in [5.41, 5.74) is 0.